The summed E-state index contributed by atoms with van der Waals surface area (Å²) in [7, 11) is 0. The summed E-state index contributed by atoms with van der Waals surface area (Å²) < 4.78 is 26.0. The molecule has 1 atom stereocenters. The Labute approximate surface area is 105 Å². The van der Waals surface area contributed by atoms with E-state index in [1.807, 2.05) is 13.0 Å². The standard InChI is InChI=1S/C13H17F2NS/c1-3-5-17-6-4-16-10(2)11-7-12(14)9-13(15)8-11/h3,7-10,16H,1,4-6H2,2H3. The maximum atomic E-state index is 13.0. The minimum absolute atomic E-state index is 0.0514. The van der Waals surface area contributed by atoms with Crippen molar-refractivity contribution in [2.45, 2.75) is 13.0 Å². The molecule has 1 nitrogen and oxygen atoms in total. The van der Waals surface area contributed by atoms with Gasteiger partial charge < -0.3 is 5.32 Å². The summed E-state index contributed by atoms with van der Waals surface area (Å²) in [6.45, 7) is 6.33. The van der Waals surface area contributed by atoms with Crippen LogP contribution in [0.4, 0.5) is 8.78 Å². The van der Waals surface area contributed by atoms with Gasteiger partial charge in [-0.25, -0.2) is 8.78 Å². The van der Waals surface area contributed by atoms with Gasteiger partial charge in [0.15, 0.2) is 0 Å². The van der Waals surface area contributed by atoms with Crippen molar-refractivity contribution in [1.82, 2.24) is 5.32 Å². The van der Waals surface area contributed by atoms with Gasteiger partial charge in [0.2, 0.25) is 0 Å². The number of thioether (sulfide) groups is 1. The number of rotatable bonds is 7. The first-order valence-corrected chi connectivity index (χ1v) is 6.67. The number of nitrogens with one attached hydrogen (secondary N) is 1. The van der Waals surface area contributed by atoms with Gasteiger partial charge in [-0.2, -0.15) is 11.8 Å². The maximum absolute atomic E-state index is 13.0. The highest BCUT2D eigenvalue weighted by Crippen LogP contribution is 2.15. The molecule has 0 saturated carbocycles. The van der Waals surface area contributed by atoms with Gasteiger partial charge in [-0.3, -0.25) is 0 Å². The Kier molecular flexibility index (Phi) is 6.22. The molecule has 0 aliphatic rings. The van der Waals surface area contributed by atoms with Gasteiger partial charge in [-0.1, -0.05) is 6.08 Å². The van der Waals surface area contributed by atoms with Crippen LogP contribution in [0.5, 0.6) is 0 Å². The SMILES string of the molecule is C=CCSCCNC(C)c1cc(F)cc(F)c1. The van der Waals surface area contributed by atoms with E-state index >= 15 is 0 Å². The molecule has 0 aliphatic carbocycles. The highest BCUT2D eigenvalue weighted by molar-refractivity contribution is 7.99. The summed E-state index contributed by atoms with van der Waals surface area (Å²) in [5.74, 6) is 0.808. The van der Waals surface area contributed by atoms with Gasteiger partial charge in [0.25, 0.3) is 0 Å². The van der Waals surface area contributed by atoms with Gasteiger partial charge in [-0.15, -0.1) is 6.58 Å². The molecule has 1 N–H and O–H groups in total. The van der Waals surface area contributed by atoms with Gasteiger partial charge in [-0.05, 0) is 24.6 Å². The first-order valence-electron chi connectivity index (χ1n) is 5.51. The fourth-order valence-electron chi connectivity index (χ4n) is 1.46. The fourth-order valence-corrected chi connectivity index (χ4v) is 2.05. The van der Waals surface area contributed by atoms with Gasteiger partial charge in [0.1, 0.15) is 11.6 Å². The van der Waals surface area contributed by atoms with Gasteiger partial charge >= 0.3 is 0 Å². The Morgan fingerprint density at radius 1 is 1.35 bits per heavy atom. The zero-order chi connectivity index (χ0) is 12.7. The van der Waals surface area contributed by atoms with Crippen molar-refractivity contribution in [2.24, 2.45) is 0 Å². The molecule has 0 saturated heterocycles. The third kappa shape index (κ3) is 5.33. The molecule has 1 unspecified atom stereocenters. The third-order valence-corrected chi connectivity index (χ3v) is 3.28. The molecule has 0 spiro atoms. The molecule has 17 heavy (non-hydrogen) atoms. The van der Waals surface area contributed by atoms with Crippen LogP contribution in [0.2, 0.25) is 0 Å². The number of halogens is 2. The minimum atomic E-state index is -0.533. The minimum Gasteiger partial charge on any atom is -0.309 e. The molecule has 0 bridgehead atoms. The van der Waals surface area contributed by atoms with Crippen LogP contribution in [0.3, 0.4) is 0 Å². The van der Waals surface area contributed by atoms with Crippen LogP contribution in [0.1, 0.15) is 18.5 Å². The molecular formula is C13H17F2NS. The maximum Gasteiger partial charge on any atom is 0.126 e. The van der Waals surface area contributed by atoms with Gasteiger partial charge in [0, 0.05) is 30.2 Å². The van der Waals surface area contributed by atoms with Crippen molar-refractivity contribution < 1.29 is 8.78 Å². The van der Waals surface area contributed by atoms with Crippen LogP contribution in [0.15, 0.2) is 30.9 Å². The quantitative estimate of drug-likeness (QED) is 0.592. The molecule has 0 amide bonds. The average Bonchev–Trinajstić information content (AvgIpc) is 2.27. The second-order valence-corrected chi connectivity index (χ2v) is 4.89. The van der Waals surface area contributed by atoms with Crippen LogP contribution < -0.4 is 5.32 Å². The third-order valence-electron chi connectivity index (χ3n) is 2.32. The van der Waals surface area contributed by atoms with E-state index in [0.717, 1.165) is 24.1 Å². The molecule has 1 rings (SSSR count). The Balaban J connectivity index is 2.40. The molecule has 4 heteroatoms. The van der Waals surface area contributed by atoms with Crippen LogP contribution in [-0.2, 0) is 0 Å². The molecule has 1 aromatic carbocycles. The predicted molar refractivity (Wildman–Crippen MR) is 70.3 cm³/mol. The average molecular weight is 257 g/mol. The van der Waals surface area contributed by atoms with Crippen molar-refractivity contribution >= 4 is 11.8 Å². The monoisotopic (exact) mass is 257 g/mol. The first kappa shape index (κ1) is 14.2. The van der Waals surface area contributed by atoms with Crippen molar-refractivity contribution in [3.63, 3.8) is 0 Å². The van der Waals surface area contributed by atoms with E-state index in [-0.39, 0.29) is 6.04 Å². The van der Waals surface area contributed by atoms with E-state index in [2.05, 4.69) is 11.9 Å². The lowest BCUT2D eigenvalue weighted by Gasteiger charge is -2.14. The lowest BCUT2D eigenvalue weighted by Crippen LogP contribution is -2.21. The van der Waals surface area contributed by atoms with E-state index in [9.17, 15) is 8.78 Å². The second kappa shape index (κ2) is 7.45. The van der Waals surface area contributed by atoms with Crippen LogP contribution >= 0.6 is 11.8 Å². The topological polar surface area (TPSA) is 12.0 Å². The predicted octanol–water partition coefficient (Wildman–Crippen LogP) is 3.53. The zero-order valence-corrected chi connectivity index (χ0v) is 10.7. The number of benzene rings is 1. The molecule has 1 aromatic rings. The summed E-state index contributed by atoms with van der Waals surface area (Å²) in [6.07, 6.45) is 1.86. The molecule has 0 radical (unpaired) electrons. The Morgan fingerprint density at radius 3 is 2.59 bits per heavy atom. The van der Waals surface area contributed by atoms with E-state index in [1.165, 1.54) is 12.1 Å². The smallest absolute Gasteiger partial charge is 0.126 e. The van der Waals surface area contributed by atoms with E-state index in [0.29, 0.717) is 5.56 Å². The largest absolute Gasteiger partial charge is 0.309 e. The normalized spacial score (nSPS) is 12.4. The Hall–Kier alpha value is -0.870. The fraction of sp³-hybridized carbons (Fsp3) is 0.385. The molecule has 0 fully saturated rings. The summed E-state index contributed by atoms with van der Waals surface area (Å²) in [4.78, 5) is 0. The summed E-state index contributed by atoms with van der Waals surface area (Å²) >= 11 is 1.77. The Morgan fingerprint density at radius 2 is 2.00 bits per heavy atom. The highest BCUT2D eigenvalue weighted by atomic mass is 32.2. The van der Waals surface area contributed by atoms with E-state index < -0.39 is 11.6 Å². The number of hydrogen-bond acceptors (Lipinski definition) is 2. The van der Waals surface area contributed by atoms with Crippen LogP contribution in [-0.4, -0.2) is 18.1 Å². The van der Waals surface area contributed by atoms with Crippen molar-refractivity contribution in [1.29, 1.82) is 0 Å². The second-order valence-electron chi connectivity index (χ2n) is 3.74. The highest BCUT2D eigenvalue weighted by Gasteiger charge is 2.07. The van der Waals surface area contributed by atoms with E-state index in [1.54, 1.807) is 11.8 Å². The van der Waals surface area contributed by atoms with Crippen molar-refractivity contribution in [3.05, 3.63) is 48.1 Å². The van der Waals surface area contributed by atoms with Crippen molar-refractivity contribution in [3.8, 4) is 0 Å². The lowest BCUT2D eigenvalue weighted by molar-refractivity contribution is 0.556. The molecule has 0 heterocycles. The van der Waals surface area contributed by atoms with Crippen LogP contribution in [0.25, 0.3) is 0 Å². The molecular weight excluding hydrogens is 240 g/mol. The van der Waals surface area contributed by atoms with E-state index in [4.69, 9.17) is 0 Å². The molecule has 94 valence electrons. The summed E-state index contributed by atoms with van der Waals surface area (Å²) in [5, 5.41) is 3.22. The summed E-state index contributed by atoms with van der Waals surface area (Å²) in [5.41, 5.74) is 0.635. The molecule has 0 aliphatic heterocycles. The Bertz CT molecular complexity index is 348. The summed E-state index contributed by atoms with van der Waals surface area (Å²) in [6, 6.07) is 3.55. The van der Waals surface area contributed by atoms with Gasteiger partial charge in [0.05, 0.1) is 0 Å². The van der Waals surface area contributed by atoms with Crippen molar-refractivity contribution in [2.75, 3.05) is 18.1 Å². The van der Waals surface area contributed by atoms with Crippen LogP contribution in [0, 0.1) is 11.6 Å². The lowest BCUT2D eigenvalue weighted by atomic mass is 10.1. The molecule has 0 aromatic heterocycles. The zero-order valence-electron chi connectivity index (χ0n) is 9.88. The first-order chi connectivity index (χ1) is 8.13. The number of hydrogen-bond donors (Lipinski definition) is 1.